The largest absolute Gasteiger partial charge is 0.496 e. The summed E-state index contributed by atoms with van der Waals surface area (Å²) >= 11 is 3.36. The molecule has 1 rings (SSSR count). The Bertz CT molecular complexity index is 426. The monoisotopic (exact) mass is 297 g/mol. The first-order chi connectivity index (χ1) is 8.01. The summed E-state index contributed by atoms with van der Waals surface area (Å²) in [6.45, 7) is 3.78. The Labute approximate surface area is 110 Å². The first-order valence-corrected chi connectivity index (χ1v) is 6.21. The smallest absolute Gasteiger partial charge is 0.123 e. The van der Waals surface area contributed by atoms with Crippen LogP contribution in [-0.4, -0.2) is 18.3 Å². The van der Waals surface area contributed by atoms with E-state index in [-0.39, 0.29) is 5.92 Å². The van der Waals surface area contributed by atoms with Crippen LogP contribution in [0.15, 0.2) is 22.7 Å². The minimum Gasteiger partial charge on any atom is -0.496 e. The first-order valence-electron chi connectivity index (χ1n) is 5.42. The number of ether oxygens (including phenoxy) is 1. The van der Waals surface area contributed by atoms with E-state index in [1.807, 2.05) is 26.0 Å². The molecule has 1 N–H and O–H groups in total. The molecule has 2 atom stereocenters. The van der Waals surface area contributed by atoms with Crippen LogP contribution in [-0.2, 0) is 0 Å². The van der Waals surface area contributed by atoms with Gasteiger partial charge >= 0.3 is 0 Å². The molecule has 0 radical (unpaired) electrons. The molecule has 0 aromatic heterocycles. The second kappa shape index (κ2) is 6.04. The molecule has 0 bridgehead atoms. The summed E-state index contributed by atoms with van der Waals surface area (Å²) < 4.78 is 6.10. The average Bonchev–Trinajstić information content (AvgIpc) is 2.30. The van der Waals surface area contributed by atoms with Crippen LogP contribution in [0.5, 0.6) is 5.75 Å². The molecular weight excluding hydrogens is 282 g/mol. The zero-order valence-corrected chi connectivity index (χ0v) is 11.7. The fraction of sp³-hybridized carbons (Fsp3) is 0.462. The highest BCUT2D eigenvalue weighted by molar-refractivity contribution is 9.10. The van der Waals surface area contributed by atoms with E-state index >= 15 is 0 Å². The summed E-state index contributed by atoms with van der Waals surface area (Å²) in [5.74, 6) is 0.0604. The molecule has 1 aromatic rings. The van der Waals surface area contributed by atoms with Gasteiger partial charge < -0.3 is 9.84 Å². The molecular formula is C13H16BrNO2. The molecule has 0 aliphatic rings. The van der Waals surface area contributed by atoms with Gasteiger partial charge in [0.05, 0.1) is 19.3 Å². The molecule has 0 amide bonds. The number of nitriles is 1. The van der Waals surface area contributed by atoms with E-state index in [2.05, 4.69) is 22.0 Å². The van der Waals surface area contributed by atoms with Crippen LogP contribution in [0.2, 0.25) is 0 Å². The molecule has 0 saturated heterocycles. The van der Waals surface area contributed by atoms with Crippen molar-refractivity contribution in [3.63, 3.8) is 0 Å². The predicted molar refractivity (Wildman–Crippen MR) is 69.9 cm³/mol. The van der Waals surface area contributed by atoms with Gasteiger partial charge in [0.15, 0.2) is 0 Å². The van der Waals surface area contributed by atoms with Crippen molar-refractivity contribution in [2.45, 2.75) is 25.9 Å². The summed E-state index contributed by atoms with van der Waals surface area (Å²) in [6.07, 6.45) is -0.705. The van der Waals surface area contributed by atoms with Crippen LogP contribution in [0, 0.1) is 17.2 Å². The van der Waals surface area contributed by atoms with Crippen molar-refractivity contribution in [3.05, 3.63) is 28.2 Å². The van der Waals surface area contributed by atoms with E-state index in [0.717, 1.165) is 4.47 Å². The van der Waals surface area contributed by atoms with Crippen molar-refractivity contribution < 1.29 is 9.84 Å². The molecule has 3 nitrogen and oxygen atoms in total. The summed E-state index contributed by atoms with van der Waals surface area (Å²) in [4.78, 5) is 0. The lowest BCUT2D eigenvalue weighted by atomic mass is 9.88. The lowest BCUT2D eigenvalue weighted by Crippen LogP contribution is -2.23. The Balaban J connectivity index is 3.20. The van der Waals surface area contributed by atoms with E-state index in [9.17, 15) is 10.4 Å². The normalized spacial score (nSPS) is 14.2. The van der Waals surface area contributed by atoms with Gasteiger partial charge in [-0.25, -0.2) is 0 Å². The van der Waals surface area contributed by atoms with E-state index < -0.39 is 12.0 Å². The summed E-state index contributed by atoms with van der Waals surface area (Å²) in [5.41, 5.74) is 0.713. The highest BCUT2D eigenvalue weighted by atomic mass is 79.9. The molecule has 0 spiro atoms. The van der Waals surface area contributed by atoms with Crippen LogP contribution in [0.25, 0.3) is 0 Å². The Morgan fingerprint density at radius 3 is 2.53 bits per heavy atom. The van der Waals surface area contributed by atoms with Gasteiger partial charge in [0.2, 0.25) is 0 Å². The number of hydrogen-bond acceptors (Lipinski definition) is 3. The lowest BCUT2D eigenvalue weighted by molar-refractivity contribution is 0.112. The number of halogens is 1. The third kappa shape index (κ3) is 3.21. The maximum atomic E-state index is 10.1. The van der Waals surface area contributed by atoms with Crippen molar-refractivity contribution in [1.29, 1.82) is 5.26 Å². The van der Waals surface area contributed by atoms with E-state index in [1.54, 1.807) is 13.2 Å². The van der Waals surface area contributed by atoms with E-state index in [0.29, 0.717) is 11.3 Å². The zero-order chi connectivity index (χ0) is 13.0. The molecule has 1 aromatic carbocycles. The van der Waals surface area contributed by atoms with Gasteiger partial charge in [0.1, 0.15) is 11.7 Å². The molecule has 0 aliphatic heterocycles. The number of hydrogen-bond donors (Lipinski definition) is 1. The topological polar surface area (TPSA) is 53.2 Å². The molecule has 0 saturated carbocycles. The van der Waals surface area contributed by atoms with E-state index in [4.69, 9.17) is 4.74 Å². The SMILES string of the molecule is COc1ccc(Br)cc1C(C#N)C(O)C(C)C. The molecule has 0 fully saturated rings. The minimum absolute atomic E-state index is 0.0170. The number of benzene rings is 1. The molecule has 0 heterocycles. The Hall–Kier alpha value is -1.05. The standard InChI is InChI=1S/C13H16BrNO2/c1-8(2)13(16)11(7-15)10-6-9(14)4-5-12(10)17-3/h4-6,8,11,13,16H,1-3H3. The first kappa shape index (κ1) is 14.0. The number of methoxy groups -OCH3 is 1. The fourth-order valence-electron chi connectivity index (χ4n) is 1.66. The number of aliphatic hydroxyl groups is 1. The van der Waals surface area contributed by atoms with Gasteiger partial charge in [0, 0.05) is 10.0 Å². The highest BCUT2D eigenvalue weighted by Crippen LogP contribution is 2.33. The Kier molecular flexibility index (Phi) is 4.98. The van der Waals surface area contributed by atoms with E-state index in [1.165, 1.54) is 0 Å². The van der Waals surface area contributed by atoms with Crippen LogP contribution < -0.4 is 4.74 Å². The number of aliphatic hydroxyl groups excluding tert-OH is 1. The highest BCUT2D eigenvalue weighted by Gasteiger charge is 2.26. The molecule has 92 valence electrons. The summed E-state index contributed by atoms with van der Waals surface area (Å²) in [7, 11) is 1.56. The van der Waals surface area contributed by atoms with Crippen LogP contribution >= 0.6 is 15.9 Å². The maximum Gasteiger partial charge on any atom is 0.123 e. The second-order valence-corrected chi connectivity index (χ2v) is 5.14. The van der Waals surface area contributed by atoms with Crippen LogP contribution in [0.3, 0.4) is 0 Å². The van der Waals surface area contributed by atoms with Gasteiger partial charge in [-0.3, -0.25) is 0 Å². The van der Waals surface area contributed by atoms with Crippen molar-refractivity contribution >= 4 is 15.9 Å². The third-order valence-electron chi connectivity index (χ3n) is 2.69. The maximum absolute atomic E-state index is 10.1. The van der Waals surface area contributed by atoms with Crippen molar-refractivity contribution in [2.75, 3.05) is 7.11 Å². The number of rotatable bonds is 4. The van der Waals surface area contributed by atoms with Gasteiger partial charge in [-0.2, -0.15) is 5.26 Å². The molecule has 2 unspecified atom stereocenters. The Morgan fingerprint density at radius 2 is 2.06 bits per heavy atom. The van der Waals surface area contributed by atoms with Crippen LogP contribution in [0.1, 0.15) is 25.3 Å². The van der Waals surface area contributed by atoms with Gasteiger partial charge in [-0.1, -0.05) is 29.8 Å². The summed E-state index contributed by atoms with van der Waals surface area (Å²) in [6, 6.07) is 7.60. The average molecular weight is 298 g/mol. The van der Waals surface area contributed by atoms with Gasteiger partial charge in [-0.15, -0.1) is 0 Å². The number of nitrogens with zero attached hydrogens (tertiary/aromatic N) is 1. The molecule has 0 aliphatic carbocycles. The molecule has 17 heavy (non-hydrogen) atoms. The third-order valence-corrected chi connectivity index (χ3v) is 3.18. The zero-order valence-electron chi connectivity index (χ0n) is 10.1. The van der Waals surface area contributed by atoms with Crippen molar-refractivity contribution in [3.8, 4) is 11.8 Å². The second-order valence-electron chi connectivity index (χ2n) is 4.23. The van der Waals surface area contributed by atoms with Gasteiger partial charge in [-0.05, 0) is 24.1 Å². The fourth-order valence-corrected chi connectivity index (χ4v) is 2.04. The van der Waals surface area contributed by atoms with Crippen LogP contribution in [0.4, 0.5) is 0 Å². The Morgan fingerprint density at radius 1 is 1.41 bits per heavy atom. The van der Waals surface area contributed by atoms with Crippen molar-refractivity contribution in [2.24, 2.45) is 5.92 Å². The lowest BCUT2D eigenvalue weighted by Gasteiger charge is -2.22. The predicted octanol–water partition coefficient (Wildman–Crippen LogP) is 3.08. The van der Waals surface area contributed by atoms with Gasteiger partial charge in [0.25, 0.3) is 0 Å². The minimum atomic E-state index is -0.705. The van der Waals surface area contributed by atoms with Crippen molar-refractivity contribution in [1.82, 2.24) is 0 Å². The molecule has 4 heteroatoms. The summed E-state index contributed by atoms with van der Waals surface area (Å²) in [5, 5.41) is 19.3. The quantitative estimate of drug-likeness (QED) is 0.929.